The first-order chi connectivity index (χ1) is 14.6. The Morgan fingerprint density at radius 1 is 0.967 bits per heavy atom. The number of piperidine rings is 1. The van der Waals surface area contributed by atoms with E-state index >= 15 is 0 Å². The minimum absolute atomic E-state index is 0.219. The normalized spacial score (nSPS) is 21.7. The molecule has 2 fully saturated rings. The van der Waals surface area contributed by atoms with Crippen LogP contribution in [0, 0.1) is 5.41 Å². The van der Waals surface area contributed by atoms with E-state index in [-0.39, 0.29) is 11.3 Å². The average molecular weight is 409 g/mol. The van der Waals surface area contributed by atoms with E-state index in [1.807, 2.05) is 42.5 Å². The Hall–Kier alpha value is -2.53. The lowest BCUT2D eigenvalue weighted by atomic mass is 9.79. The summed E-state index contributed by atoms with van der Waals surface area (Å²) >= 11 is 0. The van der Waals surface area contributed by atoms with Gasteiger partial charge in [0.1, 0.15) is 0 Å². The molecule has 0 radical (unpaired) electrons. The Bertz CT molecular complexity index is 870. The van der Waals surface area contributed by atoms with Crippen LogP contribution >= 0.6 is 0 Å². The van der Waals surface area contributed by atoms with Gasteiger partial charge in [0.2, 0.25) is 5.91 Å². The molecule has 0 aromatic heterocycles. The van der Waals surface area contributed by atoms with Gasteiger partial charge in [-0.2, -0.15) is 0 Å². The second-order valence-electron chi connectivity index (χ2n) is 8.69. The maximum Gasteiger partial charge on any atom is 0.227 e. The molecule has 2 aliphatic heterocycles. The van der Waals surface area contributed by atoms with E-state index < -0.39 is 0 Å². The Labute approximate surface area is 179 Å². The molecule has 0 saturated carbocycles. The molecule has 1 atom stereocenters. The fourth-order valence-electron chi connectivity index (χ4n) is 5.13. The number of methoxy groups -OCH3 is 2. The molecule has 2 aromatic rings. The van der Waals surface area contributed by atoms with Gasteiger partial charge in [0, 0.05) is 37.2 Å². The maximum atomic E-state index is 12.8. The van der Waals surface area contributed by atoms with Gasteiger partial charge in [0.05, 0.1) is 20.6 Å². The van der Waals surface area contributed by atoms with E-state index in [1.54, 1.807) is 14.2 Å². The summed E-state index contributed by atoms with van der Waals surface area (Å²) in [6.45, 7) is 4.72. The number of rotatable bonds is 6. The molecular formula is C25H32N2O3. The molecule has 30 heavy (non-hydrogen) atoms. The lowest BCUT2D eigenvalue weighted by Crippen LogP contribution is -2.45. The van der Waals surface area contributed by atoms with Gasteiger partial charge in [-0.1, -0.05) is 42.5 Å². The largest absolute Gasteiger partial charge is 0.493 e. The average Bonchev–Trinajstić information content (AvgIpc) is 3.17. The monoisotopic (exact) mass is 408 g/mol. The fraction of sp³-hybridized carbons (Fsp3) is 0.480. The van der Waals surface area contributed by atoms with Crippen LogP contribution in [-0.4, -0.2) is 56.1 Å². The van der Waals surface area contributed by atoms with Crippen LogP contribution in [0.2, 0.25) is 0 Å². The van der Waals surface area contributed by atoms with Crippen LogP contribution in [0.3, 0.4) is 0 Å². The number of ether oxygens (including phenoxy) is 2. The van der Waals surface area contributed by atoms with Gasteiger partial charge in [-0.15, -0.1) is 0 Å². The van der Waals surface area contributed by atoms with E-state index in [0.717, 1.165) is 61.8 Å². The third kappa shape index (κ3) is 4.46. The van der Waals surface area contributed by atoms with Crippen LogP contribution < -0.4 is 9.47 Å². The molecular weight excluding hydrogens is 376 g/mol. The highest BCUT2D eigenvalue weighted by Gasteiger charge is 2.42. The van der Waals surface area contributed by atoms with Crippen molar-refractivity contribution in [1.29, 1.82) is 0 Å². The second-order valence-corrected chi connectivity index (χ2v) is 8.69. The third-order valence-electron chi connectivity index (χ3n) is 6.61. The molecule has 1 unspecified atom stereocenters. The van der Waals surface area contributed by atoms with Gasteiger partial charge in [-0.05, 0) is 37.4 Å². The molecule has 2 saturated heterocycles. The molecule has 2 heterocycles. The lowest BCUT2D eigenvalue weighted by molar-refractivity contribution is -0.130. The highest BCUT2D eigenvalue weighted by atomic mass is 16.5. The van der Waals surface area contributed by atoms with Gasteiger partial charge >= 0.3 is 0 Å². The summed E-state index contributed by atoms with van der Waals surface area (Å²) in [7, 11) is 3.38. The first kappa shape index (κ1) is 20.7. The molecule has 1 spiro atoms. The van der Waals surface area contributed by atoms with Crippen molar-refractivity contribution in [3.05, 3.63) is 59.7 Å². The van der Waals surface area contributed by atoms with Gasteiger partial charge in [-0.3, -0.25) is 9.69 Å². The molecule has 0 bridgehead atoms. The Kier molecular flexibility index (Phi) is 6.28. The summed E-state index contributed by atoms with van der Waals surface area (Å²) in [5.41, 5.74) is 2.47. The van der Waals surface area contributed by atoms with E-state index in [9.17, 15) is 4.79 Å². The third-order valence-corrected chi connectivity index (χ3v) is 6.61. The van der Waals surface area contributed by atoms with Crippen molar-refractivity contribution in [2.24, 2.45) is 5.41 Å². The van der Waals surface area contributed by atoms with Crippen LogP contribution in [0.1, 0.15) is 30.4 Å². The first-order valence-corrected chi connectivity index (χ1v) is 10.9. The molecule has 5 nitrogen and oxygen atoms in total. The number of benzene rings is 2. The molecule has 160 valence electrons. The Morgan fingerprint density at radius 2 is 1.80 bits per heavy atom. The SMILES string of the molecule is COc1cccc(CN2CCCC3(CCN(C(=O)Cc4ccccc4)C3)C2)c1OC. The number of hydrogen-bond acceptors (Lipinski definition) is 4. The zero-order valence-corrected chi connectivity index (χ0v) is 18.1. The zero-order chi connectivity index (χ0) is 21.0. The lowest BCUT2D eigenvalue weighted by Gasteiger charge is -2.40. The van der Waals surface area contributed by atoms with E-state index in [2.05, 4.69) is 15.9 Å². The summed E-state index contributed by atoms with van der Waals surface area (Å²) in [6.07, 6.45) is 3.97. The van der Waals surface area contributed by atoms with Crippen molar-refractivity contribution in [1.82, 2.24) is 9.80 Å². The molecule has 1 amide bonds. The predicted octanol–water partition coefficient (Wildman–Crippen LogP) is 3.76. The standard InChI is InChI=1S/C25H32N2O3/c1-29-22-11-6-10-21(24(22)30-2)17-26-14-7-12-25(18-26)13-15-27(19-25)23(28)16-20-8-4-3-5-9-20/h3-6,8-11H,7,12-19H2,1-2H3. The molecule has 2 aromatic carbocycles. The highest BCUT2D eigenvalue weighted by Crippen LogP contribution is 2.40. The van der Waals surface area contributed by atoms with Crippen molar-refractivity contribution >= 4 is 5.91 Å². The Morgan fingerprint density at radius 3 is 2.57 bits per heavy atom. The quantitative estimate of drug-likeness (QED) is 0.730. The predicted molar refractivity (Wildman–Crippen MR) is 118 cm³/mol. The van der Waals surface area contributed by atoms with Crippen molar-refractivity contribution in [3.63, 3.8) is 0 Å². The smallest absolute Gasteiger partial charge is 0.227 e. The van der Waals surface area contributed by atoms with Crippen LogP contribution in [0.15, 0.2) is 48.5 Å². The summed E-state index contributed by atoms with van der Waals surface area (Å²) in [4.78, 5) is 17.5. The highest BCUT2D eigenvalue weighted by molar-refractivity contribution is 5.79. The number of hydrogen-bond donors (Lipinski definition) is 0. The van der Waals surface area contributed by atoms with Gasteiger partial charge in [-0.25, -0.2) is 0 Å². The number of amides is 1. The molecule has 0 aliphatic carbocycles. The van der Waals surface area contributed by atoms with Gasteiger partial charge < -0.3 is 14.4 Å². The maximum absolute atomic E-state index is 12.8. The van der Waals surface area contributed by atoms with Crippen molar-refractivity contribution in [2.75, 3.05) is 40.4 Å². The first-order valence-electron chi connectivity index (χ1n) is 10.9. The number of likely N-dealkylation sites (tertiary alicyclic amines) is 2. The Balaban J connectivity index is 1.40. The van der Waals surface area contributed by atoms with E-state index in [1.165, 1.54) is 12.8 Å². The van der Waals surface area contributed by atoms with Gasteiger partial charge in [0.15, 0.2) is 11.5 Å². The van der Waals surface area contributed by atoms with Crippen LogP contribution in [0.4, 0.5) is 0 Å². The summed E-state index contributed by atoms with van der Waals surface area (Å²) in [6, 6.07) is 16.1. The molecule has 5 heteroatoms. The number of carbonyl (C=O) groups excluding carboxylic acids is 1. The van der Waals surface area contributed by atoms with Crippen molar-refractivity contribution in [3.8, 4) is 11.5 Å². The van der Waals surface area contributed by atoms with Crippen molar-refractivity contribution in [2.45, 2.75) is 32.2 Å². The zero-order valence-electron chi connectivity index (χ0n) is 18.1. The minimum atomic E-state index is 0.219. The summed E-state index contributed by atoms with van der Waals surface area (Å²) in [5, 5.41) is 0. The fourth-order valence-corrected chi connectivity index (χ4v) is 5.13. The van der Waals surface area contributed by atoms with Crippen molar-refractivity contribution < 1.29 is 14.3 Å². The molecule has 0 N–H and O–H groups in total. The number of para-hydroxylation sites is 1. The van der Waals surface area contributed by atoms with E-state index in [4.69, 9.17) is 9.47 Å². The summed E-state index contributed by atoms with van der Waals surface area (Å²) < 4.78 is 11.1. The van der Waals surface area contributed by atoms with E-state index in [0.29, 0.717) is 6.42 Å². The molecule has 4 rings (SSSR count). The number of carbonyl (C=O) groups is 1. The summed E-state index contributed by atoms with van der Waals surface area (Å²) in [5.74, 6) is 1.86. The number of nitrogens with zero attached hydrogens (tertiary/aromatic N) is 2. The topological polar surface area (TPSA) is 42.0 Å². The van der Waals surface area contributed by atoms with Gasteiger partial charge in [0.25, 0.3) is 0 Å². The minimum Gasteiger partial charge on any atom is -0.493 e. The molecule has 2 aliphatic rings. The van der Waals surface area contributed by atoms with Crippen LogP contribution in [0.5, 0.6) is 11.5 Å². The van der Waals surface area contributed by atoms with Crippen LogP contribution in [0.25, 0.3) is 0 Å². The second kappa shape index (κ2) is 9.09. The van der Waals surface area contributed by atoms with Crippen LogP contribution in [-0.2, 0) is 17.8 Å².